The van der Waals surface area contributed by atoms with E-state index >= 15 is 0 Å². The van der Waals surface area contributed by atoms with Gasteiger partial charge in [0.1, 0.15) is 11.6 Å². The summed E-state index contributed by atoms with van der Waals surface area (Å²) in [5.41, 5.74) is 0. The van der Waals surface area contributed by atoms with Crippen molar-refractivity contribution in [1.82, 2.24) is 4.98 Å². The second-order valence-electron chi connectivity index (χ2n) is 5.59. The zero-order chi connectivity index (χ0) is 27.0. The number of hydrogen-bond acceptors (Lipinski definition) is 5. The van der Waals surface area contributed by atoms with Crippen molar-refractivity contribution in [1.29, 1.82) is 0 Å². The minimum Gasteiger partial charge on any atom is -0.305 e. The van der Waals surface area contributed by atoms with Gasteiger partial charge < -0.3 is 10.6 Å². The quantitative estimate of drug-likeness (QED) is 0.481. The number of rotatable bonds is 8. The van der Waals surface area contributed by atoms with E-state index < -0.39 is 60.2 Å². The molecule has 2 amide bonds. The predicted octanol–water partition coefficient (Wildman–Crippen LogP) is 4.49. The number of ether oxygens (including phenoxy) is 2. The largest absolute Gasteiger partial charge is 0.527 e. The van der Waals surface area contributed by atoms with E-state index in [1.54, 1.807) is 0 Å². The lowest BCUT2D eigenvalue weighted by Gasteiger charge is -2.26. The Morgan fingerprint density at radius 3 is 1.18 bits per heavy atom. The maximum atomic E-state index is 13.4. The van der Waals surface area contributed by atoms with Crippen LogP contribution in [-0.4, -0.2) is 53.6 Å². The van der Waals surface area contributed by atoms with Crippen molar-refractivity contribution in [3.63, 3.8) is 0 Å². The van der Waals surface area contributed by atoms with Crippen molar-refractivity contribution in [2.24, 2.45) is 0 Å². The molecule has 1 rings (SSSR count). The lowest BCUT2D eigenvalue weighted by atomic mass is 10.2. The van der Waals surface area contributed by atoms with Gasteiger partial charge in [-0.05, 0) is 12.1 Å². The van der Waals surface area contributed by atoms with Crippen molar-refractivity contribution in [2.45, 2.75) is 36.8 Å². The Kier molecular flexibility index (Phi) is 7.69. The van der Waals surface area contributed by atoms with Crippen molar-refractivity contribution < 1.29 is 80.5 Å². The lowest BCUT2D eigenvalue weighted by molar-refractivity contribution is -0.458. The molecule has 0 fully saturated rings. The molecule has 194 valence electrons. The van der Waals surface area contributed by atoms with Crippen LogP contribution in [0.2, 0.25) is 0 Å². The monoisotopic (exact) mass is 533 g/mol. The minimum absolute atomic E-state index is 0.409. The number of hydrogen-bond donors (Lipinski definition) is 2. The maximum Gasteiger partial charge on any atom is 0.527 e. The average Bonchev–Trinajstić information content (AvgIpc) is 2.57. The van der Waals surface area contributed by atoms with Gasteiger partial charge in [0.15, 0.2) is 0 Å². The molecule has 34 heavy (non-hydrogen) atoms. The molecular formula is C13H5F14N3O4. The molecule has 0 radical (unpaired) electrons. The molecule has 0 aromatic carbocycles. The van der Waals surface area contributed by atoms with Crippen LogP contribution in [0.3, 0.4) is 0 Å². The lowest BCUT2D eigenvalue weighted by Crippen LogP contribution is -2.53. The first-order chi connectivity index (χ1) is 14.9. The van der Waals surface area contributed by atoms with Crippen molar-refractivity contribution in [3.05, 3.63) is 18.2 Å². The molecule has 2 N–H and O–H groups in total. The summed E-state index contributed by atoms with van der Waals surface area (Å²) in [6, 6.07) is 1.33. The summed E-state index contributed by atoms with van der Waals surface area (Å²) >= 11 is 0. The van der Waals surface area contributed by atoms with Crippen molar-refractivity contribution in [3.8, 4) is 0 Å². The van der Waals surface area contributed by atoms with Crippen LogP contribution in [0.4, 0.5) is 73.1 Å². The number of aromatic nitrogens is 1. The SMILES string of the molecule is O=C(Nc1cccc(NC(=O)C(F)(F)C(F)(F)OC(F)(F)F)n1)C(F)(F)C(F)(F)OC(F)(F)F. The second-order valence-corrected chi connectivity index (χ2v) is 5.59. The highest BCUT2D eigenvalue weighted by atomic mass is 19.4. The van der Waals surface area contributed by atoms with E-state index in [2.05, 4.69) is 4.98 Å². The number of amides is 2. The van der Waals surface area contributed by atoms with Gasteiger partial charge in [-0.25, -0.2) is 14.5 Å². The first-order valence-electron chi connectivity index (χ1n) is 7.56. The van der Waals surface area contributed by atoms with Gasteiger partial charge in [-0.15, -0.1) is 26.3 Å². The first kappa shape index (κ1) is 29.1. The summed E-state index contributed by atoms with van der Waals surface area (Å²) < 4.78 is 180. The van der Waals surface area contributed by atoms with Gasteiger partial charge in [0.05, 0.1) is 0 Å². The summed E-state index contributed by atoms with van der Waals surface area (Å²) in [4.78, 5) is 25.4. The Labute approximate surface area is 176 Å². The molecule has 1 aromatic heterocycles. The minimum atomic E-state index is -6.46. The summed E-state index contributed by atoms with van der Waals surface area (Å²) in [6.45, 7) is 0. The third kappa shape index (κ3) is 7.01. The van der Waals surface area contributed by atoms with Gasteiger partial charge in [0.2, 0.25) is 0 Å². The maximum absolute atomic E-state index is 13.4. The van der Waals surface area contributed by atoms with Crippen molar-refractivity contribution in [2.75, 3.05) is 10.6 Å². The standard InChI is InChI=1S/C13H5F14N3O4/c14-8(15,10(18,19)33-12(22,23)24)6(31)29-4-2-1-3-5(28-4)30-7(32)9(16,17)11(20,21)34-13(25,26)27/h1-3H,(H2,28,29,30,31,32). The highest BCUT2D eigenvalue weighted by molar-refractivity contribution is 5.97. The highest BCUT2D eigenvalue weighted by Gasteiger charge is 2.68. The molecule has 1 aromatic rings. The Hall–Kier alpha value is -2.97. The van der Waals surface area contributed by atoms with Crippen LogP contribution in [0.15, 0.2) is 18.2 Å². The Balaban J connectivity index is 3.05. The van der Waals surface area contributed by atoms with E-state index in [1.807, 2.05) is 9.47 Å². The summed E-state index contributed by atoms with van der Waals surface area (Å²) in [6.07, 6.45) is -25.6. The smallest absolute Gasteiger partial charge is 0.305 e. The zero-order valence-electron chi connectivity index (χ0n) is 15.1. The van der Waals surface area contributed by atoms with Gasteiger partial charge in [-0.2, -0.15) is 35.1 Å². The van der Waals surface area contributed by atoms with Gasteiger partial charge in [-0.1, -0.05) is 6.07 Å². The molecule has 0 atom stereocenters. The van der Waals surface area contributed by atoms with E-state index in [9.17, 15) is 71.1 Å². The second kappa shape index (κ2) is 9.00. The molecule has 0 bridgehead atoms. The zero-order valence-corrected chi connectivity index (χ0v) is 15.1. The molecule has 0 saturated carbocycles. The topological polar surface area (TPSA) is 89.6 Å². The molecule has 0 aliphatic rings. The number of nitrogens with one attached hydrogen (secondary N) is 2. The Bertz CT molecular complexity index is 846. The fourth-order valence-corrected chi connectivity index (χ4v) is 1.65. The number of alkyl halides is 14. The molecule has 7 nitrogen and oxygen atoms in total. The highest BCUT2D eigenvalue weighted by Crippen LogP contribution is 2.42. The van der Waals surface area contributed by atoms with Crippen molar-refractivity contribution >= 4 is 23.5 Å². The summed E-state index contributed by atoms with van der Waals surface area (Å²) in [7, 11) is 0. The number of anilines is 2. The van der Waals surface area contributed by atoms with E-state index in [1.165, 1.54) is 0 Å². The Morgan fingerprint density at radius 1 is 0.618 bits per heavy atom. The van der Waals surface area contributed by atoms with E-state index in [0.29, 0.717) is 18.2 Å². The van der Waals surface area contributed by atoms with Gasteiger partial charge in [-0.3, -0.25) is 9.59 Å². The molecule has 0 unspecified atom stereocenters. The van der Waals surface area contributed by atoms with Crippen LogP contribution in [0.25, 0.3) is 0 Å². The molecule has 0 aliphatic carbocycles. The van der Waals surface area contributed by atoms with E-state index in [4.69, 9.17) is 0 Å². The number of carbonyl (C=O) groups is 2. The van der Waals surface area contributed by atoms with E-state index in [0.717, 1.165) is 10.6 Å². The van der Waals surface area contributed by atoms with E-state index in [-0.39, 0.29) is 0 Å². The molecule has 1 heterocycles. The fourth-order valence-electron chi connectivity index (χ4n) is 1.65. The summed E-state index contributed by atoms with van der Waals surface area (Å²) in [5, 5.41) is 1.60. The third-order valence-corrected chi connectivity index (χ3v) is 3.02. The van der Waals surface area contributed by atoms with Crippen LogP contribution < -0.4 is 10.6 Å². The van der Waals surface area contributed by atoms with Gasteiger partial charge >= 0.3 is 48.6 Å². The van der Waals surface area contributed by atoms with Crippen LogP contribution >= 0.6 is 0 Å². The van der Waals surface area contributed by atoms with Gasteiger partial charge in [0.25, 0.3) is 0 Å². The fraction of sp³-hybridized carbons (Fsp3) is 0.462. The third-order valence-electron chi connectivity index (χ3n) is 3.02. The number of carbonyl (C=O) groups excluding carboxylic acids is 2. The van der Waals surface area contributed by atoms with Gasteiger partial charge in [0, 0.05) is 0 Å². The molecule has 0 saturated heterocycles. The number of nitrogens with zero attached hydrogens (tertiary/aromatic N) is 1. The summed E-state index contributed by atoms with van der Waals surface area (Å²) in [5.74, 6) is -21.6. The Morgan fingerprint density at radius 2 is 0.912 bits per heavy atom. The molecular weight excluding hydrogens is 528 g/mol. The molecule has 0 aliphatic heterocycles. The van der Waals surface area contributed by atoms with Crippen LogP contribution in [0.1, 0.15) is 0 Å². The predicted molar refractivity (Wildman–Crippen MR) is 75.6 cm³/mol. The number of pyridine rings is 1. The van der Waals surface area contributed by atoms with Crippen LogP contribution in [-0.2, 0) is 19.1 Å². The first-order valence-corrected chi connectivity index (χ1v) is 7.56. The normalized spacial score (nSPS) is 14.1. The molecule has 0 spiro atoms. The van der Waals surface area contributed by atoms with Crippen LogP contribution in [0.5, 0.6) is 0 Å². The average molecular weight is 533 g/mol. The van der Waals surface area contributed by atoms with Crippen LogP contribution in [0, 0.1) is 0 Å². The number of halogens is 14. The molecule has 21 heteroatoms.